The highest BCUT2D eigenvalue weighted by Gasteiger charge is 2.42. The molecule has 0 aliphatic carbocycles. The highest BCUT2D eigenvalue weighted by molar-refractivity contribution is 14.1. The first-order valence-corrected chi connectivity index (χ1v) is 21.6. The van der Waals surface area contributed by atoms with Crippen molar-refractivity contribution in [3.05, 3.63) is 131 Å². The second kappa shape index (κ2) is 16.6. The number of rotatable bonds is 12. The van der Waals surface area contributed by atoms with Gasteiger partial charge in [0.1, 0.15) is 17.4 Å². The minimum absolute atomic E-state index is 0.0688. The molecule has 1 N–H and O–H groups in total. The number of aromatic hydroxyl groups is 1. The summed E-state index contributed by atoms with van der Waals surface area (Å²) in [5.74, 6) is 1.60. The first kappa shape index (κ1) is 43.9. The Morgan fingerprint density at radius 1 is 0.621 bits per heavy atom. The van der Waals surface area contributed by atoms with Gasteiger partial charge in [-0.2, -0.15) is 0 Å². The topological polar surface area (TPSA) is 234 Å². The minimum atomic E-state index is -1.03. The predicted octanol–water partition coefficient (Wildman–Crippen LogP) is 1.05. The van der Waals surface area contributed by atoms with Crippen LogP contribution in [0.4, 0.5) is 0 Å². The second-order valence-corrected chi connectivity index (χ2v) is 16.9. The maximum absolute atomic E-state index is 14.6. The monoisotopic (exact) mass is 1020 g/mol. The van der Waals surface area contributed by atoms with Crippen molar-refractivity contribution in [1.82, 2.24) is 47.0 Å². The summed E-state index contributed by atoms with van der Waals surface area (Å²) < 4.78 is 37.5. The van der Waals surface area contributed by atoms with Crippen LogP contribution in [0.5, 0.6) is 34.5 Å². The van der Waals surface area contributed by atoms with Gasteiger partial charge in [0, 0.05) is 64.3 Å². The van der Waals surface area contributed by atoms with Crippen molar-refractivity contribution < 1.29 is 28.8 Å². The van der Waals surface area contributed by atoms with Crippen LogP contribution < -0.4 is 57.6 Å². The predicted molar refractivity (Wildman–Crippen MR) is 246 cm³/mol. The van der Waals surface area contributed by atoms with E-state index in [9.17, 15) is 33.9 Å². The van der Waals surface area contributed by atoms with E-state index < -0.39 is 46.0 Å². The molecule has 66 heavy (non-hydrogen) atoms. The van der Waals surface area contributed by atoms with Crippen LogP contribution in [0.1, 0.15) is 29.0 Å². The van der Waals surface area contributed by atoms with Crippen molar-refractivity contribution in [3.8, 4) is 34.5 Å². The van der Waals surface area contributed by atoms with E-state index in [2.05, 4.69) is 9.97 Å². The number of nitrogens with zero attached hydrogens (tertiary/aromatic N) is 10. The molecule has 0 saturated heterocycles. The van der Waals surface area contributed by atoms with Gasteiger partial charge in [0.05, 0.1) is 80.3 Å². The summed E-state index contributed by atoms with van der Waals surface area (Å²) >= 11 is 1.94. The Kier molecular flexibility index (Phi) is 11.0. The van der Waals surface area contributed by atoms with Crippen LogP contribution in [-0.4, -0.2) is 87.6 Å². The molecule has 7 aromatic rings. The van der Waals surface area contributed by atoms with E-state index in [1.54, 1.807) is 56.6 Å². The Morgan fingerprint density at radius 3 is 1.59 bits per heavy atom. The molecule has 0 spiro atoms. The number of hydrogen-bond donors (Lipinski definition) is 1. The standard InChI is InChI=1S/C43H43IN10O12/c1-47-28-18-33(64-5)31(62-3)16-26(28)45-24(38(47)56)9-11-49-40(58)51-13-8-22-30(53(51)42(49)60)20-52-41(59)50(43(61)54(52)36(22)21-14-23(44)37(55)35(15-21)66-7)12-10-25-39(57)48(2)29-19-34(65-6)32(63-4)17-27(29)46-25/h8,14-19,30,36,55H,9-13,20H2,1-7H3. The lowest BCUT2D eigenvalue weighted by atomic mass is 9.90. The van der Waals surface area contributed by atoms with Crippen molar-refractivity contribution in [2.24, 2.45) is 14.1 Å². The quantitative estimate of drug-likeness (QED) is 0.133. The number of hydrogen-bond acceptors (Lipinski definition) is 14. The molecule has 0 bridgehead atoms. The van der Waals surface area contributed by atoms with Crippen molar-refractivity contribution in [3.63, 3.8) is 0 Å². The van der Waals surface area contributed by atoms with E-state index >= 15 is 0 Å². The van der Waals surface area contributed by atoms with Crippen LogP contribution in [0.2, 0.25) is 0 Å². The molecule has 0 amide bonds. The van der Waals surface area contributed by atoms with Crippen molar-refractivity contribution in [2.45, 2.75) is 51.1 Å². The third kappa shape index (κ3) is 6.73. The first-order chi connectivity index (χ1) is 31.6. The van der Waals surface area contributed by atoms with Gasteiger partial charge in [0.2, 0.25) is 0 Å². The normalized spacial score (nSPS) is 15.3. The van der Waals surface area contributed by atoms with Gasteiger partial charge in [-0.05, 0) is 45.9 Å². The van der Waals surface area contributed by atoms with Crippen LogP contribution >= 0.6 is 22.6 Å². The maximum Gasteiger partial charge on any atom is 0.348 e. The van der Waals surface area contributed by atoms with E-state index in [0.717, 1.165) is 9.13 Å². The molecule has 344 valence electrons. The van der Waals surface area contributed by atoms with Crippen LogP contribution in [0.25, 0.3) is 22.1 Å². The number of fused-ring (bicyclic) bond motifs is 6. The van der Waals surface area contributed by atoms with Gasteiger partial charge in [-0.3, -0.25) is 9.59 Å². The molecular formula is C43H43IN10O12. The van der Waals surface area contributed by atoms with Crippen molar-refractivity contribution >= 4 is 44.7 Å². The van der Waals surface area contributed by atoms with Crippen molar-refractivity contribution in [2.75, 3.05) is 35.5 Å². The first-order valence-electron chi connectivity index (χ1n) is 20.5. The van der Waals surface area contributed by atoms with Crippen molar-refractivity contribution in [1.29, 1.82) is 0 Å². The van der Waals surface area contributed by atoms with Crippen LogP contribution in [0, 0.1) is 3.57 Å². The summed E-state index contributed by atoms with van der Waals surface area (Å²) in [4.78, 5) is 94.0. The van der Waals surface area contributed by atoms with Gasteiger partial charge in [-0.25, -0.2) is 57.0 Å². The van der Waals surface area contributed by atoms with Crippen LogP contribution in [-0.2, 0) is 53.1 Å². The molecule has 0 radical (unpaired) electrons. The molecule has 3 aromatic carbocycles. The number of ether oxygens (including phenoxy) is 5. The average molecular weight is 1020 g/mol. The summed E-state index contributed by atoms with van der Waals surface area (Å²) in [5, 5.41) is 10.8. The smallest absolute Gasteiger partial charge is 0.348 e. The summed E-state index contributed by atoms with van der Waals surface area (Å²) in [6.07, 6.45) is 1.57. The highest BCUT2D eigenvalue weighted by atomic mass is 127. The van der Waals surface area contributed by atoms with E-state index in [1.807, 2.05) is 22.6 Å². The molecule has 2 aliphatic rings. The minimum Gasteiger partial charge on any atom is -0.504 e. The molecule has 23 heteroatoms. The zero-order chi connectivity index (χ0) is 47.0. The zero-order valence-corrected chi connectivity index (χ0v) is 38.9. The molecule has 2 aliphatic heterocycles. The number of aromatic nitrogens is 10. The van der Waals surface area contributed by atoms with Crippen LogP contribution in [0.3, 0.4) is 0 Å². The van der Waals surface area contributed by atoms with E-state index in [0.29, 0.717) is 59.8 Å². The van der Waals surface area contributed by atoms with Crippen LogP contribution in [0.15, 0.2) is 76.8 Å². The molecule has 9 rings (SSSR count). The molecular weight excluding hydrogens is 975 g/mol. The molecule has 0 fully saturated rings. The van der Waals surface area contributed by atoms with Gasteiger partial charge in [-0.15, -0.1) is 0 Å². The van der Waals surface area contributed by atoms with Gasteiger partial charge in [0.25, 0.3) is 11.1 Å². The summed E-state index contributed by atoms with van der Waals surface area (Å²) in [7, 11) is 10.5. The highest BCUT2D eigenvalue weighted by Crippen LogP contribution is 2.42. The number of benzene rings is 3. The number of phenolic OH excluding ortho intramolecular Hbond substituents is 1. The third-order valence-corrected chi connectivity index (χ3v) is 13.2. The fraction of sp³-hybridized carbons (Fsp3) is 0.349. The largest absolute Gasteiger partial charge is 0.504 e. The fourth-order valence-corrected chi connectivity index (χ4v) is 9.65. The lowest BCUT2D eigenvalue weighted by Gasteiger charge is -2.37. The molecule has 2 unspecified atom stereocenters. The Morgan fingerprint density at radius 2 is 1.09 bits per heavy atom. The lowest BCUT2D eigenvalue weighted by molar-refractivity contribution is 0.245. The SMILES string of the molecule is COc1cc2nc(CCn3c(=O)n4n(c3=O)C3Cn5c(=O)n(CCc6nc7cc(OC)c(OC)cc7n(C)c6=O)c(=O)n5C(c5cc(I)c(O)c(OC)c5)C3=CC4)c(=O)n(C)c2cc1OC. The zero-order valence-electron chi connectivity index (χ0n) is 36.7. The lowest BCUT2D eigenvalue weighted by Crippen LogP contribution is -2.47. The number of aryl methyl sites for hydroxylation is 4. The van der Waals surface area contributed by atoms with Gasteiger partial charge in [-0.1, -0.05) is 6.08 Å². The third-order valence-electron chi connectivity index (χ3n) is 12.4. The summed E-state index contributed by atoms with van der Waals surface area (Å²) in [6, 6.07) is 7.77. The molecule has 2 atom stereocenters. The van der Waals surface area contributed by atoms with Gasteiger partial charge < -0.3 is 37.9 Å². The fourth-order valence-electron chi connectivity index (χ4n) is 9.02. The van der Waals surface area contributed by atoms with Gasteiger partial charge >= 0.3 is 22.8 Å². The number of phenols is 1. The molecule has 0 saturated carbocycles. The van der Waals surface area contributed by atoms with Gasteiger partial charge in [0.15, 0.2) is 34.5 Å². The average Bonchev–Trinajstić information content (AvgIpc) is 3.71. The molecule has 4 aromatic heterocycles. The number of allylic oxidation sites excluding steroid dienone is 2. The van der Waals surface area contributed by atoms with E-state index in [4.69, 9.17) is 23.7 Å². The van der Waals surface area contributed by atoms with E-state index in [-0.39, 0.29) is 61.9 Å². The summed E-state index contributed by atoms with van der Waals surface area (Å²) in [6.45, 7) is -0.730. The Hall–Kier alpha value is -7.31. The second-order valence-electron chi connectivity index (χ2n) is 15.7. The molecule has 6 heterocycles. The Labute approximate surface area is 385 Å². The molecule has 22 nitrogen and oxygen atoms in total. The van der Waals surface area contributed by atoms with E-state index in [1.165, 1.54) is 63.4 Å². The Bertz CT molecular complexity index is 3590. The Balaban J connectivity index is 1.12. The number of halogens is 1. The maximum atomic E-state index is 14.6. The number of methoxy groups -OCH3 is 5. The summed E-state index contributed by atoms with van der Waals surface area (Å²) in [5.41, 5.74) is -0.629.